The lowest BCUT2D eigenvalue weighted by Gasteiger charge is -2.31. The molecule has 2 N–H and O–H groups in total. The van der Waals surface area contributed by atoms with Crippen LogP contribution in [-0.4, -0.2) is 18.5 Å². The minimum absolute atomic E-state index is 0.0253. The van der Waals surface area contributed by atoms with Crippen LogP contribution in [0.1, 0.15) is 31.4 Å². The number of carbonyl (C=O) groups is 2. The van der Waals surface area contributed by atoms with Crippen molar-refractivity contribution >= 4 is 29.0 Å². The molecule has 1 heterocycles. The van der Waals surface area contributed by atoms with Crippen LogP contribution in [0.25, 0.3) is 0 Å². The summed E-state index contributed by atoms with van der Waals surface area (Å²) in [6.45, 7) is 4.32. The third-order valence-electron chi connectivity index (χ3n) is 4.69. The number of aryl methyl sites for hydroxylation is 1. The first-order chi connectivity index (χ1) is 13.6. The summed E-state index contributed by atoms with van der Waals surface area (Å²) in [5.41, 5.74) is 1.77. The van der Waals surface area contributed by atoms with E-state index in [1.165, 1.54) is 12.1 Å². The van der Waals surface area contributed by atoms with Gasteiger partial charge in [-0.25, -0.2) is 4.79 Å². The molecule has 2 aromatic carbocycles. The van der Waals surface area contributed by atoms with Crippen molar-refractivity contribution in [2.24, 2.45) is 5.92 Å². The Kier molecular flexibility index (Phi) is 5.81. The Morgan fingerprint density at radius 3 is 2.24 bits per heavy atom. The molecule has 0 aromatic heterocycles. The normalized spacial score (nSPS) is 13.8. The molecule has 0 radical (unpaired) electrons. The number of alkyl halides is 3. The molecule has 0 fully saturated rings. The van der Waals surface area contributed by atoms with Gasteiger partial charge in [0.25, 0.3) is 0 Å². The van der Waals surface area contributed by atoms with Gasteiger partial charge >= 0.3 is 12.2 Å². The van der Waals surface area contributed by atoms with Gasteiger partial charge in [-0.15, -0.1) is 0 Å². The van der Waals surface area contributed by atoms with E-state index in [1.54, 1.807) is 17.0 Å². The number of fused-ring (bicyclic) bond motifs is 1. The summed E-state index contributed by atoms with van der Waals surface area (Å²) in [4.78, 5) is 26.4. The van der Waals surface area contributed by atoms with E-state index in [2.05, 4.69) is 10.6 Å². The minimum Gasteiger partial charge on any atom is -0.312 e. The van der Waals surface area contributed by atoms with Gasteiger partial charge in [0.15, 0.2) is 0 Å². The summed E-state index contributed by atoms with van der Waals surface area (Å²) >= 11 is 0. The topological polar surface area (TPSA) is 61.4 Å². The number of hydrogen-bond donors (Lipinski definition) is 2. The van der Waals surface area contributed by atoms with Gasteiger partial charge < -0.3 is 15.5 Å². The van der Waals surface area contributed by atoms with E-state index in [0.29, 0.717) is 12.2 Å². The molecule has 0 saturated carbocycles. The number of halogens is 3. The monoisotopic (exact) mass is 405 g/mol. The van der Waals surface area contributed by atoms with Crippen LogP contribution in [0.3, 0.4) is 0 Å². The lowest BCUT2D eigenvalue weighted by atomic mass is 9.99. The molecule has 0 unspecified atom stereocenters. The van der Waals surface area contributed by atoms with Gasteiger partial charge in [-0.3, -0.25) is 4.79 Å². The lowest BCUT2D eigenvalue weighted by Crippen LogP contribution is -2.38. The van der Waals surface area contributed by atoms with Crippen LogP contribution in [0, 0.1) is 5.92 Å². The SMILES string of the molecule is CC(C)C(=O)N1CCCc2ccc(NC(=O)Nc3ccc(C(F)(F)F)cc3)cc21. The maximum absolute atomic E-state index is 12.6. The fraction of sp³-hybridized carbons (Fsp3) is 0.333. The van der Waals surface area contributed by atoms with E-state index in [0.717, 1.165) is 36.2 Å². The molecule has 29 heavy (non-hydrogen) atoms. The third-order valence-corrected chi connectivity index (χ3v) is 4.69. The van der Waals surface area contributed by atoms with Gasteiger partial charge in [-0.2, -0.15) is 13.2 Å². The first-order valence-corrected chi connectivity index (χ1v) is 9.34. The molecule has 3 amide bonds. The summed E-state index contributed by atoms with van der Waals surface area (Å²) in [5.74, 6) is -0.113. The van der Waals surface area contributed by atoms with Crippen molar-refractivity contribution in [2.75, 3.05) is 22.1 Å². The number of hydrogen-bond acceptors (Lipinski definition) is 2. The first kappa shape index (κ1) is 20.7. The van der Waals surface area contributed by atoms with E-state index >= 15 is 0 Å². The Morgan fingerprint density at radius 2 is 1.62 bits per heavy atom. The fourth-order valence-corrected chi connectivity index (χ4v) is 3.23. The zero-order valence-corrected chi connectivity index (χ0v) is 16.1. The minimum atomic E-state index is -4.43. The maximum atomic E-state index is 12.6. The van der Waals surface area contributed by atoms with Crippen LogP contribution < -0.4 is 15.5 Å². The van der Waals surface area contributed by atoms with Crippen molar-refractivity contribution in [2.45, 2.75) is 32.9 Å². The van der Waals surface area contributed by atoms with Crippen molar-refractivity contribution in [3.63, 3.8) is 0 Å². The number of urea groups is 1. The highest BCUT2D eigenvalue weighted by atomic mass is 19.4. The Bertz CT molecular complexity index is 908. The van der Waals surface area contributed by atoms with Crippen molar-refractivity contribution in [3.8, 4) is 0 Å². The molecule has 154 valence electrons. The third kappa shape index (κ3) is 4.88. The number of carbonyl (C=O) groups excluding carboxylic acids is 2. The number of nitrogens with zero attached hydrogens (tertiary/aromatic N) is 1. The van der Waals surface area contributed by atoms with Crippen molar-refractivity contribution in [1.29, 1.82) is 0 Å². The van der Waals surface area contributed by atoms with Gasteiger partial charge in [0.2, 0.25) is 5.91 Å². The number of rotatable bonds is 3. The molecule has 5 nitrogen and oxygen atoms in total. The zero-order chi connectivity index (χ0) is 21.2. The van der Waals surface area contributed by atoms with Crippen LogP contribution in [0.2, 0.25) is 0 Å². The highest BCUT2D eigenvalue weighted by Crippen LogP contribution is 2.32. The summed E-state index contributed by atoms with van der Waals surface area (Å²) < 4.78 is 37.9. The molecule has 2 aromatic rings. The van der Waals surface area contributed by atoms with E-state index in [4.69, 9.17) is 0 Å². The molecular weight excluding hydrogens is 383 g/mol. The smallest absolute Gasteiger partial charge is 0.312 e. The van der Waals surface area contributed by atoms with Crippen LogP contribution in [-0.2, 0) is 17.4 Å². The van der Waals surface area contributed by atoms with Crippen molar-refractivity contribution < 1.29 is 22.8 Å². The van der Waals surface area contributed by atoms with E-state index in [-0.39, 0.29) is 17.5 Å². The van der Waals surface area contributed by atoms with E-state index < -0.39 is 17.8 Å². The molecule has 1 aliphatic rings. The Balaban J connectivity index is 1.71. The van der Waals surface area contributed by atoms with Gasteiger partial charge in [-0.1, -0.05) is 19.9 Å². The Morgan fingerprint density at radius 1 is 1.00 bits per heavy atom. The van der Waals surface area contributed by atoms with Gasteiger partial charge in [0.1, 0.15) is 0 Å². The van der Waals surface area contributed by atoms with Crippen molar-refractivity contribution in [1.82, 2.24) is 0 Å². The second kappa shape index (κ2) is 8.14. The van der Waals surface area contributed by atoms with Crippen molar-refractivity contribution in [3.05, 3.63) is 53.6 Å². The first-order valence-electron chi connectivity index (χ1n) is 9.34. The largest absolute Gasteiger partial charge is 0.416 e. The highest BCUT2D eigenvalue weighted by molar-refractivity contribution is 6.01. The van der Waals surface area contributed by atoms with E-state index in [9.17, 15) is 22.8 Å². The van der Waals surface area contributed by atoms with Gasteiger partial charge in [0.05, 0.1) is 5.56 Å². The quantitative estimate of drug-likeness (QED) is 0.729. The second-order valence-electron chi connectivity index (χ2n) is 7.25. The molecule has 8 heteroatoms. The number of anilines is 3. The standard InChI is InChI=1S/C21H22F3N3O2/c1-13(2)19(28)27-11-3-4-14-5-8-17(12-18(14)27)26-20(29)25-16-9-6-15(7-10-16)21(22,23)24/h5-10,12-13H,3-4,11H2,1-2H3,(H2,25,26,29). The number of nitrogens with one attached hydrogen (secondary N) is 2. The second-order valence-corrected chi connectivity index (χ2v) is 7.25. The maximum Gasteiger partial charge on any atom is 0.416 e. The lowest BCUT2D eigenvalue weighted by molar-refractivity contribution is -0.137. The molecule has 1 aliphatic heterocycles. The Hall–Kier alpha value is -3.03. The summed E-state index contributed by atoms with van der Waals surface area (Å²) in [6, 6.07) is 8.99. The highest BCUT2D eigenvalue weighted by Gasteiger charge is 2.30. The summed E-state index contributed by atoms with van der Waals surface area (Å²) in [5, 5.41) is 5.17. The molecule has 0 bridgehead atoms. The summed E-state index contributed by atoms with van der Waals surface area (Å²) in [7, 11) is 0. The zero-order valence-electron chi connectivity index (χ0n) is 16.1. The molecule has 0 atom stereocenters. The molecule has 0 aliphatic carbocycles. The number of benzene rings is 2. The Labute approximate surface area is 166 Å². The van der Waals surface area contributed by atoms with Crippen LogP contribution in [0.4, 0.5) is 35.0 Å². The fourth-order valence-electron chi connectivity index (χ4n) is 3.23. The van der Waals surface area contributed by atoms with Crippen LogP contribution in [0.5, 0.6) is 0 Å². The number of amides is 3. The van der Waals surface area contributed by atoms with Gasteiger partial charge in [0, 0.05) is 29.5 Å². The molecular formula is C21H22F3N3O2. The predicted octanol–water partition coefficient (Wildman–Crippen LogP) is 5.28. The summed E-state index contributed by atoms with van der Waals surface area (Å²) in [6.07, 6.45) is -2.69. The molecule has 0 spiro atoms. The molecule has 0 saturated heterocycles. The van der Waals surface area contributed by atoms with E-state index in [1.807, 2.05) is 19.9 Å². The van der Waals surface area contributed by atoms with Gasteiger partial charge in [-0.05, 0) is 54.8 Å². The van der Waals surface area contributed by atoms with Crippen LogP contribution >= 0.6 is 0 Å². The molecule has 3 rings (SSSR count). The average molecular weight is 405 g/mol. The van der Waals surface area contributed by atoms with Crippen LogP contribution in [0.15, 0.2) is 42.5 Å². The predicted molar refractivity (Wildman–Crippen MR) is 106 cm³/mol. The average Bonchev–Trinajstić information content (AvgIpc) is 2.66.